The van der Waals surface area contributed by atoms with Gasteiger partial charge in [-0.2, -0.15) is 0 Å². The van der Waals surface area contributed by atoms with Crippen LogP contribution in [0, 0.1) is 0 Å². The van der Waals surface area contributed by atoms with Crippen molar-refractivity contribution in [1.82, 2.24) is 4.98 Å². The number of nitrogens with one attached hydrogen (secondary N) is 1. The van der Waals surface area contributed by atoms with Crippen molar-refractivity contribution in [2.24, 2.45) is 0 Å². The highest BCUT2D eigenvalue weighted by molar-refractivity contribution is 9.10. The quantitative estimate of drug-likeness (QED) is 0.625. The van der Waals surface area contributed by atoms with E-state index in [0.29, 0.717) is 22.1 Å². The number of ether oxygens (including phenoxy) is 1. The summed E-state index contributed by atoms with van der Waals surface area (Å²) in [6.45, 7) is 1.73. The van der Waals surface area contributed by atoms with Crippen molar-refractivity contribution in [3.8, 4) is 17.0 Å². The van der Waals surface area contributed by atoms with E-state index in [4.69, 9.17) is 4.74 Å². The summed E-state index contributed by atoms with van der Waals surface area (Å²) >= 11 is 4.71. The first-order chi connectivity index (χ1) is 13.4. The van der Waals surface area contributed by atoms with Gasteiger partial charge in [-0.1, -0.05) is 22.0 Å². The Bertz CT molecular complexity index is 1080. The molecule has 0 fully saturated rings. The Labute approximate surface area is 174 Å². The molecule has 1 aromatic heterocycles. The van der Waals surface area contributed by atoms with E-state index in [0.717, 1.165) is 15.7 Å². The lowest BCUT2D eigenvalue weighted by molar-refractivity contribution is -0.125. The molecule has 0 bridgehead atoms. The van der Waals surface area contributed by atoms with E-state index >= 15 is 0 Å². The summed E-state index contributed by atoms with van der Waals surface area (Å²) in [7, 11) is 1.73. The van der Waals surface area contributed by atoms with Crippen LogP contribution in [0.5, 0.6) is 5.75 Å². The molecule has 1 aliphatic rings. The Morgan fingerprint density at radius 2 is 2.11 bits per heavy atom. The molecule has 6 nitrogen and oxygen atoms in total. The third-order valence-electron chi connectivity index (χ3n) is 4.41. The summed E-state index contributed by atoms with van der Waals surface area (Å²) < 4.78 is 6.49. The number of benzene rings is 2. The topological polar surface area (TPSA) is 71.5 Å². The van der Waals surface area contributed by atoms with Crippen LogP contribution >= 0.6 is 27.3 Å². The van der Waals surface area contributed by atoms with Crippen LogP contribution in [0.4, 0.5) is 10.8 Å². The first-order valence-electron chi connectivity index (χ1n) is 8.53. The zero-order chi connectivity index (χ0) is 19.8. The molecule has 28 heavy (non-hydrogen) atoms. The minimum Gasteiger partial charge on any atom is -0.479 e. The van der Waals surface area contributed by atoms with Crippen molar-refractivity contribution in [3.05, 3.63) is 57.9 Å². The van der Waals surface area contributed by atoms with E-state index in [2.05, 4.69) is 26.2 Å². The van der Waals surface area contributed by atoms with Crippen LogP contribution in [0.2, 0.25) is 0 Å². The number of anilines is 2. The first-order valence-corrected chi connectivity index (χ1v) is 10.2. The number of thiazole rings is 1. The molecule has 3 aromatic rings. The van der Waals surface area contributed by atoms with Crippen LogP contribution in [-0.2, 0) is 4.79 Å². The minimum atomic E-state index is -0.498. The molecular weight excluding hydrogens is 442 g/mol. The highest BCUT2D eigenvalue weighted by Crippen LogP contribution is 2.37. The molecule has 2 amide bonds. The van der Waals surface area contributed by atoms with Crippen molar-refractivity contribution >= 4 is 49.9 Å². The second-order valence-electron chi connectivity index (χ2n) is 6.34. The van der Waals surface area contributed by atoms with Crippen molar-refractivity contribution in [1.29, 1.82) is 0 Å². The van der Waals surface area contributed by atoms with E-state index < -0.39 is 6.10 Å². The van der Waals surface area contributed by atoms with E-state index in [1.54, 1.807) is 37.1 Å². The molecule has 0 saturated carbocycles. The van der Waals surface area contributed by atoms with Gasteiger partial charge in [0.2, 0.25) is 0 Å². The maximum atomic E-state index is 12.4. The Kier molecular flexibility index (Phi) is 4.91. The lowest BCUT2D eigenvalue weighted by Crippen LogP contribution is -2.41. The Balaban J connectivity index is 1.57. The van der Waals surface area contributed by atoms with Gasteiger partial charge in [0, 0.05) is 28.0 Å². The number of nitrogens with zero attached hydrogens (tertiary/aromatic N) is 2. The predicted molar refractivity (Wildman–Crippen MR) is 113 cm³/mol. The van der Waals surface area contributed by atoms with Gasteiger partial charge in [-0.3, -0.25) is 14.9 Å². The fraction of sp³-hybridized carbons (Fsp3) is 0.150. The predicted octanol–water partition coefficient (Wildman–Crippen LogP) is 4.57. The molecule has 142 valence electrons. The molecule has 0 unspecified atom stereocenters. The molecule has 4 rings (SSSR count). The van der Waals surface area contributed by atoms with Gasteiger partial charge in [-0.05, 0) is 43.3 Å². The number of carbonyl (C=O) groups excluding carboxylic acids is 2. The minimum absolute atomic E-state index is 0.0927. The van der Waals surface area contributed by atoms with Crippen LogP contribution < -0.4 is 15.0 Å². The lowest BCUT2D eigenvalue weighted by atomic mass is 10.1. The largest absolute Gasteiger partial charge is 0.479 e. The number of aromatic nitrogens is 1. The third kappa shape index (κ3) is 3.53. The average molecular weight is 458 g/mol. The summed E-state index contributed by atoms with van der Waals surface area (Å²) in [5, 5.41) is 5.19. The van der Waals surface area contributed by atoms with Crippen LogP contribution in [0.15, 0.2) is 52.3 Å². The fourth-order valence-electron chi connectivity index (χ4n) is 2.93. The smallest absolute Gasteiger partial charge is 0.267 e. The summed E-state index contributed by atoms with van der Waals surface area (Å²) in [4.78, 5) is 30.6. The second kappa shape index (κ2) is 7.37. The van der Waals surface area contributed by atoms with Gasteiger partial charge in [0.05, 0.1) is 11.4 Å². The highest BCUT2D eigenvalue weighted by Gasteiger charge is 2.29. The summed E-state index contributed by atoms with van der Waals surface area (Å²) in [5.74, 6) is 0.349. The van der Waals surface area contributed by atoms with Crippen LogP contribution in [-0.4, -0.2) is 29.9 Å². The number of amides is 2. The van der Waals surface area contributed by atoms with Crippen molar-refractivity contribution in [2.75, 3.05) is 17.3 Å². The van der Waals surface area contributed by atoms with Gasteiger partial charge < -0.3 is 9.64 Å². The lowest BCUT2D eigenvalue weighted by Gasteiger charge is -2.30. The third-order valence-corrected chi connectivity index (χ3v) is 5.66. The van der Waals surface area contributed by atoms with Gasteiger partial charge in [-0.15, -0.1) is 11.3 Å². The van der Waals surface area contributed by atoms with Crippen LogP contribution in [0.3, 0.4) is 0 Å². The molecule has 1 atom stereocenters. The van der Waals surface area contributed by atoms with Crippen molar-refractivity contribution < 1.29 is 14.3 Å². The molecule has 0 aliphatic carbocycles. The summed E-state index contributed by atoms with van der Waals surface area (Å²) in [6.07, 6.45) is -0.498. The number of rotatable bonds is 3. The van der Waals surface area contributed by atoms with Gasteiger partial charge in [0.25, 0.3) is 11.8 Å². The molecule has 0 radical (unpaired) electrons. The van der Waals surface area contributed by atoms with Gasteiger partial charge in [-0.25, -0.2) is 4.98 Å². The zero-order valence-corrected chi connectivity index (χ0v) is 17.5. The maximum absolute atomic E-state index is 12.4. The van der Waals surface area contributed by atoms with Gasteiger partial charge in [0.1, 0.15) is 5.75 Å². The summed E-state index contributed by atoms with van der Waals surface area (Å²) in [6, 6.07) is 12.8. The fourth-order valence-corrected chi connectivity index (χ4v) is 4.05. The van der Waals surface area contributed by atoms with E-state index in [9.17, 15) is 9.59 Å². The molecule has 1 N–H and O–H groups in total. The highest BCUT2D eigenvalue weighted by atomic mass is 79.9. The number of hydrogen-bond donors (Lipinski definition) is 1. The number of hydrogen-bond acceptors (Lipinski definition) is 5. The molecule has 1 aliphatic heterocycles. The monoisotopic (exact) mass is 457 g/mol. The zero-order valence-electron chi connectivity index (χ0n) is 15.1. The van der Waals surface area contributed by atoms with Crippen molar-refractivity contribution in [3.63, 3.8) is 0 Å². The molecule has 2 heterocycles. The molecule has 2 aromatic carbocycles. The standard InChI is InChI=1S/C20H16BrN3O3S/c1-11-19(26)24(2)16-9-12(6-7-17(16)27-11)15-10-28-20(22-15)23-18(25)13-4-3-5-14(21)8-13/h3-11H,1-2H3,(H,22,23,25)/t11-/m0/s1. The SMILES string of the molecule is C[C@@H]1Oc2ccc(-c3csc(NC(=O)c4cccc(Br)c4)n3)cc2N(C)C1=O. The number of likely N-dealkylation sites (N-methyl/N-ethyl adjacent to an activating group) is 1. The summed E-state index contributed by atoms with van der Waals surface area (Å²) in [5.41, 5.74) is 2.81. The first kappa shape index (κ1) is 18.6. The Morgan fingerprint density at radius 3 is 2.89 bits per heavy atom. The number of halogens is 1. The molecular formula is C20H16BrN3O3S. The van der Waals surface area contributed by atoms with E-state index in [-0.39, 0.29) is 11.8 Å². The Hall–Kier alpha value is -2.71. The molecule has 0 saturated heterocycles. The number of carbonyl (C=O) groups is 2. The van der Waals surface area contributed by atoms with Gasteiger partial charge in [0.15, 0.2) is 11.2 Å². The van der Waals surface area contributed by atoms with Crippen LogP contribution in [0.1, 0.15) is 17.3 Å². The number of fused-ring (bicyclic) bond motifs is 1. The van der Waals surface area contributed by atoms with Crippen molar-refractivity contribution in [2.45, 2.75) is 13.0 Å². The van der Waals surface area contributed by atoms with E-state index in [1.807, 2.05) is 29.6 Å². The average Bonchev–Trinajstić information content (AvgIpc) is 3.14. The normalized spacial score (nSPS) is 15.8. The van der Waals surface area contributed by atoms with Crippen LogP contribution in [0.25, 0.3) is 11.3 Å². The maximum Gasteiger partial charge on any atom is 0.267 e. The van der Waals surface area contributed by atoms with Gasteiger partial charge >= 0.3 is 0 Å². The Morgan fingerprint density at radius 1 is 1.29 bits per heavy atom. The van der Waals surface area contributed by atoms with E-state index in [1.165, 1.54) is 11.3 Å². The molecule has 0 spiro atoms. The molecule has 8 heteroatoms. The second-order valence-corrected chi connectivity index (χ2v) is 8.12.